The van der Waals surface area contributed by atoms with Gasteiger partial charge in [0.25, 0.3) is 0 Å². The van der Waals surface area contributed by atoms with E-state index in [2.05, 4.69) is 15.9 Å². The van der Waals surface area contributed by atoms with E-state index in [1.54, 1.807) is 36.9 Å². The molecule has 120 valence electrons. The average molecular weight is 394 g/mol. The third kappa shape index (κ3) is 3.05. The minimum absolute atomic E-state index is 0.0687. The Morgan fingerprint density at radius 2 is 1.96 bits per heavy atom. The summed E-state index contributed by atoms with van der Waals surface area (Å²) in [7, 11) is 3.20. The molecule has 6 heteroatoms. The van der Waals surface area contributed by atoms with Gasteiger partial charge in [0.15, 0.2) is 0 Å². The number of anilines is 1. The third-order valence-corrected chi connectivity index (χ3v) is 5.60. The van der Waals surface area contributed by atoms with Crippen LogP contribution >= 0.6 is 27.7 Å². The molecular weight excluding hydrogens is 378 g/mol. The molecule has 0 radical (unpaired) electrons. The zero-order valence-corrected chi connectivity index (χ0v) is 15.2. The quantitative estimate of drug-likeness (QED) is 0.778. The fraction of sp³-hybridized carbons (Fsp3) is 0.235. The lowest BCUT2D eigenvalue weighted by Gasteiger charge is -2.26. The first-order chi connectivity index (χ1) is 11.2. The number of ether oxygens (including phenoxy) is 2. The minimum Gasteiger partial charge on any atom is -0.497 e. The van der Waals surface area contributed by atoms with Gasteiger partial charge in [0.1, 0.15) is 16.9 Å². The van der Waals surface area contributed by atoms with Crippen LogP contribution in [0.3, 0.4) is 0 Å². The van der Waals surface area contributed by atoms with Crippen LogP contribution in [0.2, 0.25) is 0 Å². The molecule has 0 aliphatic carbocycles. The van der Waals surface area contributed by atoms with Crippen LogP contribution in [0, 0.1) is 0 Å². The van der Waals surface area contributed by atoms with Gasteiger partial charge in [-0.1, -0.05) is 34.1 Å². The lowest BCUT2D eigenvalue weighted by Crippen LogP contribution is -2.28. The molecule has 0 spiro atoms. The van der Waals surface area contributed by atoms with Crippen molar-refractivity contribution in [2.75, 3.05) is 24.9 Å². The van der Waals surface area contributed by atoms with E-state index in [1.165, 1.54) is 0 Å². The maximum Gasteiger partial charge on any atom is 0.238 e. The number of nitrogens with zero attached hydrogens (tertiary/aromatic N) is 1. The summed E-state index contributed by atoms with van der Waals surface area (Å²) in [6.07, 6.45) is 0. The molecule has 1 heterocycles. The lowest BCUT2D eigenvalue weighted by atomic mass is 10.1. The first-order valence-electron chi connectivity index (χ1n) is 7.06. The van der Waals surface area contributed by atoms with Crippen molar-refractivity contribution in [2.45, 2.75) is 5.37 Å². The van der Waals surface area contributed by atoms with Crippen LogP contribution in [0.25, 0.3) is 0 Å². The molecule has 0 aromatic heterocycles. The number of rotatable bonds is 4. The van der Waals surface area contributed by atoms with Crippen LogP contribution in [0.5, 0.6) is 11.5 Å². The molecule has 1 aliphatic heterocycles. The standard InChI is InChI=1S/C17H16BrNO3S/c1-21-11-7-8-14(15(9-11)22-2)19-16(20)10-23-17(19)12-5-3-4-6-13(12)18/h3-9,17H,10H2,1-2H3. The van der Waals surface area contributed by atoms with E-state index in [4.69, 9.17) is 9.47 Å². The van der Waals surface area contributed by atoms with E-state index in [0.717, 1.165) is 15.7 Å². The lowest BCUT2D eigenvalue weighted by molar-refractivity contribution is -0.115. The number of halogens is 1. The molecule has 1 saturated heterocycles. The number of benzene rings is 2. The zero-order valence-electron chi connectivity index (χ0n) is 12.8. The van der Waals surface area contributed by atoms with E-state index in [1.807, 2.05) is 36.4 Å². The maximum absolute atomic E-state index is 12.5. The van der Waals surface area contributed by atoms with Gasteiger partial charge < -0.3 is 9.47 Å². The van der Waals surface area contributed by atoms with E-state index in [0.29, 0.717) is 17.3 Å². The van der Waals surface area contributed by atoms with Crippen LogP contribution in [0.4, 0.5) is 5.69 Å². The molecule has 1 fully saturated rings. The fourth-order valence-electron chi connectivity index (χ4n) is 2.57. The summed E-state index contributed by atoms with van der Waals surface area (Å²) in [6.45, 7) is 0. The van der Waals surface area contributed by atoms with Gasteiger partial charge in [0.05, 0.1) is 25.7 Å². The molecule has 4 nitrogen and oxygen atoms in total. The summed E-state index contributed by atoms with van der Waals surface area (Å²) < 4.78 is 11.7. The van der Waals surface area contributed by atoms with Crippen molar-refractivity contribution in [3.63, 3.8) is 0 Å². The van der Waals surface area contributed by atoms with Crippen LogP contribution in [0.15, 0.2) is 46.9 Å². The van der Waals surface area contributed by atoms with Gasteiger partial charge in [-0.2, -0.15) is 0 Å². The largest absolute Gasteiger partial charge is 0.497 e. The predicted molar refractivity (Wildman–Crippen MR) is 96.4 cm³/mol. The van der Waals surface area contributed by atoms with E-state index < -0.39 is 0 Å². The van der Waals surface area contributed by atoms with Crippen LogP contribution in [-0.2, 0) is 4.79 Å². The number of carbonyl (C=O) groups excluding carboxylic acids is 1. The highest BCUT2D eigenvalue weighted by atomic mass is 79.9. The van der Waals surface area contributed by atoms with Crippen LogP contribution in [-0.4, -0.2) is 25.9 Å². The Labute approximate surface area is 147 Å². The number of hydrogen-bond donors (Lipinski definition) is 0. The Hall–Kier alpha value is -1.66. The summed E-state index contributed by atoms with van der Waals surface area (Å²) in [6, 6.07) is 13.5. The SMILES string of the molecule is COc1ccc(N2C(=O)CSC2c2ccccc2Br)c(OC)c1. The van der Waals surface area contributed by atoms with Gasteiger partial charge in [-0.15, -0.1) is 11.8 Å². The predicted octanol–water partition coefficient (Wildman–Crippen LogP) is 4.24. The van der Waals surface area contributed by atoms with E-state index >= 15 is 0 Å². The normalized spacial score (nSPS) is 17.4. The third-order valence-electron chi connectivity index (χ3n) is 3.69. The van der Waals surface area contributed by atoms with Crippen LogP contribution in [0.1, 0.15) is 10.9 Å². The van der Waals surface area contributed by atoms with Gasteiger partial charge in [-0.3, -0.25) is 9.69 Å². The molecule has 0 saturated carbocycles. The first kappa shape index (κ1) is 16.2. The maximum atomic E-state index is 12.5. The number of carbonyl (C=O) groups is 1. The number of hydrogen-bond acceptors (Lipinski definition) is 4. The highest BCUT2D eigenvalue weighted by Gasteiger charge is 2.36. The van der Waals surface area contributed by atoms with Gasteiger partial charge >= 0.3 is 0 Å². The Morgan fingerprint density at radius 1 is 1.17 bits per heavy atom. The van der Waals surface area contributed by atoms with Crippen molar-refractivity contribution < 1.29 is 14.3 Å². The highest BCUT2D eigenvalue weighted by Crippen LogP contribution is 2.47. The first-order valence-corrected chi connectivity index (χ1v) is 8.90. The average Bonchev–Trinajstić information content (AvgIpc) is 2.96. The second kappa shape index (κ2) is 6.84. The molecule has 1 atom stereocenters. The van der Waals surface area contributed by atoms with Crippen molar-refractivity contribution in [2.24, 2.45) is 0 Å². The minimum atomic E-state index is -0.0830. The van der Waals surface area contributed by atoms with Crippen molar-refractivity contribution in [1.82, 2.24) is 0 Å². The van der Waals surface area contributed by atoms with Gasteiger partial charge in [0, 0.05) is 10.5 Å². The monoisotopic (exact) mass is 393 g/mol. The fourth-order valence-corrected chi connectivity index (χ4v) is 4.43. The topological polar surface area (TPSA) is 38.8 Å². The Bertz CT molecular complexity index is 738. The number of methoxy groups -OCH3 is 2. The molecule has 1 unspecified atom stereocenters. The Kier molecular flexibility index (Phi) is 4.82. The Balaban J connectivity index is 2.06. The van der Waals surface area contributed by atoms with Crippen molar-refractivity contribution >= 4 is 39.3 Å². The molecule has 2 aromatic rings. The molecule has 23 heavy (non-hydrogen) atoms. The summed E-state index contributed by atoms with van der Waals surface area (Å²) in [4.78, 5) is 14.3. The number of amides is 1. The molecule has 0 N–H and O–H groups in total. The van der Waals surface area contributed by atoms with Crippen molar-refractivity contribution in [3.8, 4) is 11.5 Å². The Morgan fingerprint density at radius 3 is 2.65 bits per heavy atom. The molecule has 3 rings (SSSR count). The van der Waals surface area contributed by atoms with Crippen molar-refractivity contribution in [1.29, 1.82) is 0 Å². The summed E-state index contributed by atoms with van der Waals surface area (Å²) in [5.41, 5.74) is 1.82. The molecule has 1 aliphatic rings. The summed E-state index contributed by atoms with van der Waals surface area (Å²) >= 11 is 5.19. The second-order valence-corrected chi connectivity index (χ2v) is 6.91. The second-order valence-electron chi connectivity index (χ2n) is 4.99. The highest BCUT2D eigenvalue weighted by molar-refractivity contribution is 9.10. The molecular formula is C17H16BrNO3S. The summed E-state index contributed by atoms with van der Waals surface area (Å²) in [5.74, 6) is 1.83. The van der Waals surface area contributed by atoms with Gasteiger partial charge in [0.2, 0.25) is 5.91 Å². The molecule has 0 bridgehead atoms. The van der Waals surface area contributed by atoms with E-state index in [9.17, 15) is 4.79 Å². The molecule has 1 amide bonds. The smallest absolute Gasteiger partial charge is 0.238 e. The van der Waals surface area contributed by atoms with Crippen LogP contribution < -0.4 is 14.4 Å². The number of thioether (sulfide) groups is 1. The molecule has 2 aromatic carbocycles. The van der Waals surface area contributed by atoms with Gasteiger partial charge in [-0.25, -0.2) is 0 Å². The van der Waals surface area contributed by atoms with Gasteiger partial charge in [-0.05, 0) is 23.8 Å². The summed E-state index contributed by atoms with van der Waals surface area (Å²) in [5, 5.41) is -0.0830. The zero-order chi connectivity index (χ0) is 16.4. The van der Waals surface area contributed by atoms with E-state index in [-0.39, 0.29) is 11.3 Å². The van der Waals surface area contributed by atoms with Crippen molar-refractivity contribution in [3.05, 3.63) is 52.5 Å².